The summed E-state index contributed by atoms with van der Waals surface area (Å²) in [4.78, 5) is 52.4. The van der Waals surface area contributed by atoms with Crippen LogP contribution in [0.5, 0.6) is 0 Å². The first kappa shape index (κ1) is 28.3. The van der Waals surface area contributed by atoms with Crippen molar-refractivity contribution in [1.82, 2.24) is 9.80 Å². The second kappa shape index (κ2) is 10.3. The molecule has 5 rings (SSSR count). The van der Waals surface area contributed by atoms with E-state index in [-0.39, 0.29) is 12.0 Å². The summed E-state index contributed by atoms with van der Waals surface area (Å²) in [5.41, 5.74) is 6.69. The van der Waals surface area contributed by atoms with E-state index < -0.39 is 60.5 Å². The van der Waals surface area contributed by atoms with Gasteiger partial charge in [-0.3, -0.25) is 14.4 Å². The average Bonchev–Trinajstić information content (AvgIpc) is 3.61. The molecule has 1 fully saturated rings. The van der Waals surface area contributed by atoms with Gasteiger partial charge < -0.3 is 15.4 Å². The van der Waals surface area contributed by atoms with E-state index >= 15 is 0 Å². The number of nitrogens with two attached hydrogens (primary N) is 1. The molecule has 1 spiro atoms. The van der Waals surface area contributed by atoms with Crippen LogP contribution in [0.2, 0.25) is 0 Å². The van der Waals surface area contributed by atoms with Crippen LogP contribution in [-0.2, 0) is 32.9 Å². The third kappa shape index (κ3) is 5.05. The zero-order chi connectivity index (χ0) is 29.7. The number of ether oxygens (including phenoxy) is 1. The maximum Gasteiger partial charge on any atom is 0.418 e. The van der Waals surface area contributed by atoms with Crippen LogP contribution in [0.15, 0.2) is 53.2 Å². The van der Waals surface area contributed by atoms with Gasteiger partial charge in [0.2, 0.25) is 17.4 Å². The highest BCUT2D eigenvalue weighted by Crippen LogP contribution is 2.46. The van der Waals surface area contributed by atoms with Crippen molar-refractivity contribution in [1.29, 1.82) is 0 Å². The number of aryl methyl sites for hydroxylation is 1. The molecule has 0 radical (unpaired) electrons. The largest absolute Gasteiger partial charge is 0.427 e. The molecule has 214 valence electrons. The third-order valence-corrected chi connectivity index (χ3v) is 8.16. The molecule has 4 amide bonds. The lowest BCUT2D eigenvalue weighted by Crippen LogP contribution is -2.51. The topological polar surface area (TPSA) is 110 Å². The lowest BCUT2D eigenvalue weighted by molar-refractivity contribution is -0.187. The van der Waals surface area contributed by atoms with Crippen LogP contribution in [0.4, 0.5) is 22.4 Å². The van der Waals surface area contributed by atoms with Crippen molar-refractivity contribution in [2.75, 3.05) is 6.54 Å². The molecule has 2 atom stereocenters. The molecular weight excluding hydrogens is 566 g/mol. The van der Waals surface area contributed by atoms with E-state index in [4.69, 9.17) is 10.5 Å². The quantitative estimate of drug-likeness (QED) is 0.400. The Balaban J connectivity index is 1.40. The Morgan fingerprint density at radius 2 is 1.85 bits per heavy atom. The van der Waals surface area contributed by atoms with Crippen molar-refractivity contribution in [3.8, 4) is 11.1 Å². The van der Waals surface area contributed by atoms with E-state index in [1.165, 1.54) is 23.5 Å². The normalized spacial score (nSPS) is 18.9. The molecule has 1 aliphatic heterocycles. The number of rotatable bonds is 7. The second-order valence-electron chi connectivity index (χ2n) is 9.89. The first-order valence-electron chi connectivity index (χ1n) is 12.5. The predicted octanol–water partition coefficient (Wildman–Crippen LogP) is 4.75. The number of carbonyl (C=O) groups excluding carboxylic acids is 4. The Morgan fingerprint density at radius 3 is 2.51 bits per heavy atom. The van der Waals surface area contributed by atoms with Crippen LogP contribution in [0.25, 0.3) is 11.1 Å². The van der Waals surface area contributed by atoms with Gasteiger partial charge >= 0.3 is 12.3 Å². The molecule has 2 N–H and O–H groups in total. The number of nitrogens with zero attached hydrogens (tertiary/aromatic N) is 2. The number of alkyl halides is 3. The average molecular weight is 590 g/mol. The lowest BCUT2D eigenvalue weighted by atomic mass is 9.92. The van der Waals surface area contributed by atoms with Gasteiger partial charge in [0, 0.05) is 29.5 Å². The summed E-state index contributed by atoms with van der Waals surface area (Å²) in [6.45, 7) is -0.705. The third-order valence-electron chi connectivity index (χ3n) is 7.42. The number of hydrogen-bond acceptors (Lipinski definition) is 6. The Morgan fingerprint density at radius 1 is 1.15 bits per heavy atom. The summed E-state index contributed by atoms with van der Waals surface area (Å²) in [6.07, 6.45) is -5.53. The van der Waals surface area contributed by atoms with Gasteiger partial charge in [0.15, 0.2) is 0 Å². The van der Waals surface area contributed by atoms with Crippen molar-refractivity contribution in [3.63, 3.8) is 0 Å². The number of amides is 4. The Kier molecular flexibility index (Phi) is 7.10. The molecule has 13 heteroatoms. The molecule has 1 aromatic heterocycles. The fraction of sp³-hybridized carbons (Fsp3) is 0.286. The van der Waals surface area contributed by atoms with Crippen LogP contribution in [-0.4, -0.2) is 52.4 Å². The summed E-state index contributed by atoms with van der Waals surface area (Å²) < 4.78 is 59.8. The fourth-order valence-electron chi connectivity index (χ4n) is 5.16. The Hall–Kier alpha value is -4.26. The minimum Gasteiger partial charge on any atom is -0.427 e. The van der Waals surface area contributed by atoms with Crippen LogP contribution in [0, 0.1) is 5.82 Å². The molecule has 2 aromatic carbocycles. The first-order chi connectivity index (χ1) is 19.3. The van der Waals surface area contributed by atoms with Crippen LogP contribution >= 0.6 is 11.3 Å². The van der Waals surface area contributed by atoms with Gasteiger partial charge in [-0.05, 0) is 47.5 Å². The lowest BCUT2D eigenvalue weighted by Gasteiger charge is -2.31. The van der Waals surface area contributed by atoms with Crippen molar-refractivity contribution in [2.45, 2.75) is 44.1 Å². The number of halogens is 4. The van der Waals surface area contributed by atoms with Gasteiger partial charge in [-0.15, -0.1) is 0 Å². The number of primary amides is 1. The van der Waals surface area contributed by atoms with Crippen molar-refractivity contribution >= 4 is 35.2 Å². The molecule has 1 aliphatic carbocycles. The standard InChI is InChI=1S/C28H23F4N3O5S/c1-15(28(30,31)32)34(11-16-2-5-19(29)6-3-16)23(36)12-35-25(38)27(40-26(35)39)9-8-18-10-17(4-7-22(18)27)20-13-41-14-21(20)24(33)37/h2-7,10,13-15H,8-9,11-12H2,1H3,(H2,33,37)/t15?,27-/m1/s1. The number of fused-ring (bicyclic) bond motifs is 2. The molecule has 0 bridgehead atoms. The summed E-state index contributed by atoms with van der Waals surface area (Å²) in [7, 11) is 0. The highest BCUT2D eigenvalue weighted by molar-refractivity contribution is 7.08. The van der Waals surface area contributed by atoms with Gasteiger partial charge in [0.1, 0.15) is 18.4 Å². The molecule has 3 aromatic rings. The minimum absolute atomic E-state index is 0.0750. The Bertz CT molecular complexity index is 1550. The second-order valence-corrected chi connectivity index (χ2v) is 10.6. The van der Waals surface area contributed by atoms with E-state index in [1.807, 2.05) is 0 Å². The van der Waals surface area contributed by atoms with Crippen LogP contribution in [0.3, 0.4) is 0 Å². The number of benzene rings is 2. The fourth-order valence-corrected chi connectivity index (χ4v) is 6.01. The maximum absolute atomic E-state index is 13.7. The predicted molar refractivity (Wildman–Crippen MR) is 139 cm³/mol. The summed E-state index contributed by atoms with van der Waals surface area (Å²) in [5, 5.41) is 3.39. The summed E-state index contributed by atoms with van der Waals surface area (Å²) >= 11 is 1.30. The van der Waals surface area contributed by atoms with Crippen molar-refractivity contribution in [2.24, 2.45) is 5.73 Å². The molecule has 2 aliphatic rings. The molecule has 8 nitrogen and oxygen atoms in total. The monoisotopic (exact) mass is 589 g/mol. The first-order valence-corrected chi connectivity index (χ1v) is 13.4. The number of imide groups is 1. The molecule has 1 unspecified atom stereocenters. The van der Waals surface area contributed by atoms with Gasteiger partial charge in [0.05, 0.1) is 5.56 Å². The van der Waals surface area contributed by atoms with Crippen molar-refractivity contribution < 1.29 is 41.5 Å². The Labute approximate surface area is 235 Å². The van der Waals surface area contributed by atoms with E-state index in [9.17, 15) is 36.7 Å². The van der Waals surface area contributed by atoms with Gasteiger partial charge in [-0.25, -0.2) is 14.1 Å². The molecule has 2 heterocycles. The minimum atomic E-state index is -4.80. The molecular formula is C28H23F4N3O5S. The maximum atomic E-state index is 13.7. The summed E-state index contributed by atoms with van der Waals surface area (Å²) in [6, 6.07) is 7.37. The summed E-state index contributed by atoms with van der Waals surface area (Å²) in [5.74, 6) is -3.17. The molecule has 0 saturated carbocycles. The zero-order valence-electron chi connectivity index (χ0n) is 21.5. The van der Waals surface area contributed by atoms with Crippen LogP contribution in [0.1, 0.15) is 40.4 Å². The highest BCUT2D eigenvalue weighted by Gasteiger charge is 2.58. The van der Waals surface area contributed by atoms with E-state index in [0.29, 0.717) is 44.0 Å². The van der Waals surface area contributed by atoms with E-state index in [2.05, 4.69) is 0 Å². The highest BCUT2D eigenvalue weighted by atomic mass is 32.1. The number of thiophene rings is 1. The van der Waals surface area contributed by atoms with Gasteiger partial charge in [-0.1, -0.05) is 30.3 Å². The number of carbonyl (C=O) groups is 4. The van der Waals surface area contributed by atoms with Crippen LogP contribution < -0.4 is 5.73 Å². The number of hydrogen-bond donors (Lipinski definition) is 1. The molecule has 41 heavy (non-hydrogen) atoms. The van der Waals surface area contributed by atoms with E-state index in [0.717, 1.165) is 19.1 Å². The van der Waals surface area contributed by atoms with E-state index in [1.54, 1.807) is 29.0 Å². The van der Waals surface area contributed by atoms with Crippen molar-refractivity contribution in [3.05, 3.63) is 81.3 Å². The molecule has 1 saturated heterocycles. The zero-order valence-corrected chi connectivity index (χ0v) is 22.4. The SMILES string of the molecule is CC(N(Cc1ccc(F)cc1)C(=O)CN1C(=O)O[C@@]2(CCc3cc(-c4cscc4C(N)=O)ccc32)C1=O)C(F)(F)F. The van der Waals surface area contributed by atoms with Gasteiger partial charge in [0.25, 0.3) is 5.91 Å². The smallest absolute Gasteiger partial charge is 0.418 e. The van der Waals surface area contributed by atoms with Gasteiger partial charge in [-0.2, -0.15) is 24.5 Å².